The van der Waals surface area contributed by atoms with Gasteiger partial charge in [0.25, 0.3) is 5.91 Å². The van der Waals surface area contributed by atoms with Crippen molar-refractivity contribution < 1.29 is 14.3 Å². The fourth-order valence-electron chi connectivity index (χ4n) is 3.21. The number of amides is 1. The first-order chi connectivity index (χ1) is 13.7. The van der Waals surface area contributed by atoms with Gasteiger partial charge in [-0.3, -0.25) is 9.78 Å². The van der Waals surface area contributed by atoms with Crippen LogP contribution < -0.4 is 4.74 Å². The number of carbonyl (C=O) groups is 1. The van der Waals surface area contributed by atoms with Crippen molar-refractivity contribution in [1.29, 1.82) is 0 Å². The summed E-state index contributed by atoms with van der Waals surface area (Å²) < 4.78 is 12.9. The summed E-state index contributed by atoms with van der Waals surface area (Å²) >= 11 is 6.37. The Bertz CT molecular complexity index is 979. The maximum Gasteiger partial charge on any atom is 0.255 e. The quantitative estimate of drug-likeness (QED) is 0.670. The summed E-state index contributed by atoms with van der Waals surface area (Å²) in [6, 6.07) is 7.17. The van der Waals surface area contributed by atoms with Gasteiger partial charge in [0.2, 0.25) is 0 Å². The highest BCUT2D eigenvalue weighted by molar-refractivity contribution is 6.31. The molecule has 4 rings (SSSR count). The van der Waals surface area contributed by atoms with Crippen LogP contribution in [0.4, 0.5) is 0 Å². The number of rotatable bonds is 4. The second kappa shape index (κ2) is 7.95. The number of methoxy groups -OCH3 is 1. The molecule has 0 spiro atoms. The molecule has 0 radical (unpaired) electrons. The van der Waals surface area contributed by atoms with Crippen LogP contribution in [0, 0.1) is 0 Å². The van der Waals surface area contributed by atoms with Crippen molar-refractivity contribution in [3.05, 3.63) is 65.2 Å². The van der Waals surface area contributed by atoms with E-state index in [4.69, 9.17) is 21.1 Å². The fourth-order valence-corrected chi connectivity index (χ4v) is 3.50. The van der Waals surface area contributed by atoms with E-state index in [1.54, 1.807) is 53.6 Å². The number of morpholine rings is 1. The van der Waals surface area contributed by atoms with Crippen molar-refractivity contribution >= 4 is 17.5 Å². The molecule has 144 valence electrons. The molecule has 1 atom stereocenters. The number of pyridine rings is 1. The van der Waals surface area contributed by atoms with Gasteiger partial charge in [-0.1, -0.05) is 22.9 Å². The van der Waals surface area contributed by atoms with E-state index in [-0.39, 0.29) is 12.0 Å². The van der Waals surface area contributed by atoms with Gasteiger partial charge in [0.05, 0.1) is 55.1 Å². The predicted molar refractivity (Wildman–Crippen MR) is 102 cm³/mol. The summed E-state index contributed by atoms with van der Waals surface area (Å²) in [4.78, 5) is 19.0. The number of aromatic nitrogens is 4. The van der Waals surface area contributed by atoms with E-state index >= 15 is 0 Å². The molecule has 3 aromatic rings. The van der Waals surface area contributed by atoms with E-state index in [0.717, 1.165) is 5.56 Å². The minimum atomic E-state index is -0.368. The second-order valence-corrected chi connectivity index (χ2v) is 6.65. The largest absolute Gasteiger partial charge is 0.496 e. The molecule has 1 amide bonds. The molecule has 1 aliphatic heterocycles. The third kappa shape index (κ3) is 3.56. The molecule has 8 nitrogen and oxygen atoms in total. The van der Waals surface area contributed by atoms with Crippen molar-refractivity contribution in [2.24, 2.45) is 0 Å². The van der Waals surface area contributed by atoms with E-state index in [1.807, 2.05) is 12.1 Å². The lowest BCUT2D eigenvalue weighted by atomic mass is 10.1. The highest BCUT2D eigenvalue weighted by atomic mass is 35.5. The number of nitrogens with zero attached hydrogens (tertiary/aromatic N) is 5. The first-order valence-electron chi connectivity index (χ1n) is 8.72. The third-order valence-corrected chi connectivity index (χ3v) is 4.90. The smallest absolute Gasteiger partial charge is 0.255 e. The molecular formula is C19H18ClN5O3. The van der Waals surface area contributed by atoms with Crippen LogP contribution in [-0.2, 0) is 4.74 Å². The van der Waals surface area contributed by atoms with E-state index in [1.165, 1.54) is 0 Å². The first kappa shape index (κ1) is 18.4. The Labute approximate surface area is 166 Å². The third-order valence-electron chi connectivity index (χ3n) is 4.57. The Kier molecular flexibility index (Phi) is 5.23. The van der Waals surface area contributed by atoms with Crippen LogP contribution in [0.1, 0.15) is 22.0 Å². The molecule has 1 aliphatic rings. The SMILES string of the molecule is COc1cccc(Cl)c1C1CN(C(=O)c2cncc(-n3ccnn3)c2)CCO1. The minimum Gasteiger partial charge on any atom is -0.496 e. The Morgan fingerprint density at radius 1 is 1.36 bits per heavy atom. The Morgan fingerprint density at radius 3 is 3.04 bits per heavy atom. The number of carbonyl (C=O) groups excluding carboxylic acids is 1. The Balaban J connectivity index is 1.57. The topological polar surface area (TPSA) is 82.4 Å². The molecule has 3 heterocycles. The summed E-state index contributed by atoms with van der Waals surface area (Å²) in [5.41, 5.74) is 1.89. The average Bonchev–Trinajstić information content (AvgIpc) is 3.28. The van der Waals surface area contributed by atoms with Crippen LogP contribution in [0.15, 0.2) is 49.1 Å². The van der Waals surface area contributed by atoms with E-state index in [2.05, 4.69) is 15.3 Å². The molecule has 9 heteroatoms. The molecule has 28 heavy (non-hydrogen) atoms. The van der Waals surface area contributed by atoms with Crippen LogP contribution in [0.5, 0.6) is 5.75 Å². The van der Waals surface area contributed by atoms with Crippen LogP contribution in [0.25, 0.3) is 5.69 Å². The van der Waals surface area contributed by atoms with Gasteiger partial charge < -0.3 is 14.4 Å². The maximum absolute atomic E-state index is 13.1. The van der Waals surface area contributed by atoms with E-state index < -0.39 is 0 Å². The summed E-state index contributed by atoms with van der Waals surface area (Å²) in [6.45, 7) is 1.25. The first-order valence-corrected chi connectivity index (χ1v) is 9.10. The molecular weight excluding hydrogens is 382 g/mol. The molecule has 2 aromatic heterocycles. The predicted octanol–water partition coefficient (Wildman–Crippen LogP) is 2.54. The lowest BCUT2D eigenvalue weighted by Crippen LogP contribution is -2.42. The van der Waals surface area contributed by atoms with Gasteiger partial charge in [-0.15, -0.1) is 5.10 Å². The van der Waals surface area contributed by atoms with Crippen LogP contribution in [-0.4, -0.2) is 57.6 Å². The zero-order chi connectivity index (χ0) is 19.5. The van der Waals surface area contributed by atoms with Crippen LogP contribution in [0.3, 0.4) is 0 Å². The number of halogens is 1. The fraction of sp³-hybridized carbons (Fsp3) is 0.263. The van der Waals surface area contributed by atoms with Crippen molar-refractivity contribution in [3.63, 3.8) is 0 Å². The van der Waals surface area contributed by atoms with Gasteiger partial charge >= 0.3 is 0 Å². The normalized spacial score (nSPS) is 16.8. The summed E-state index contributed by atoms with van der Waals surface area (Å²) in [7, 11) is 1.59. The van der Waals surface area contributed by atoms with Crippen molar-refractivity contribution in [2.45, 2.75) is 6.10 Å². The van der Waals surface area contributed by atoms with Crippen molar-refractivity contribution in [1.82, 2.24) is 24.9 Å². The molecule has 0 aliphatic carbocycles. The highest BCUT2D eigenvalue weighted by Crippen LogP contribution is 2.36. The average molecular weight is 400 g/mol. The van der Waals surface area contributed by atoms with Crippen molar-refractivity contribution in [3.8, 4) is 11.4 Å². The minimum absolute atomic E-state index is 0.131. The lowest BCUT2D eigenvalue weighted by Gasteiger charge is -2.34. The summed E-state index contributed by atoms with van der Waals surface area (Å²) in [6.07, 6.45) is 6.07. The Morgan fingerprint density at radius 2 is 2.25 bits per heavy atom. The molecule has 0 bridgehead atoms. The van der Waals surface area contributed by atoms with Gasteiger partial charge in [-0.05, 0) is 18.2 Å². The zero-order valence-corrected chi connectivity index (χ0v) is 15.9. The summed E-state index contributed by atoms with van der Waals surface area (Å²) in [5, 5.41) is 8.26. The maximum atomic E-state index is 13.1. The van der Waals surface area contributed by atoms with Gasteiger partial charge in [0.1, 0.15) is 11.9 Å². The molecule has 0 saturated carbocycles. The summed E-state index contributed by atoms with van der Waals surface area (Å²) in [5.74, 6) is 0.510. The number of hydrogen-bond acceptors (Lipinski definition) is 6. The molecule has 1 aromatic carbocycles. The van der Waals surface area contributed by atoms with Gasteiger partial charge in [-0.2, -0.15) is 0 Å². The standard InChI is InChI=1S/C19H18ClN5O3/c1-27-16-4-2-3-15(20)18(16)17-12-24(7-8-28-17)19(26)13-9-14(11-21-10-13)25-6-5-22-23-25/h2-6,9-11,17H,7-8,12H2,1H3. The second-order valence-electron chi connectivity index (χ2n) is 6.25. The number of benzene rings is 1. The molecule has 1 unspecified atom stereocenters. The molecule has 0 N–H and O–H groups in total. The van der Waals surface area contributed by atoms with Gasteiger partial charge in [0, 0.05) is 18.3 Å². The van der Waals surface area contributed by atoms with Gasteiger partial charge in [0.15, 0.2) is 0 Å². The lowest BCUT2D eigenvalue weighted by molar-refractivity contribution is -0.0236. The van der Waals surface area contributed by atoms with Crippen molar-refractivity contribution in [2.75, 3.05) is 26.8 Å². The van der Waals surface area contributed by atoms with Crippen LogP contribution >= 0.6 is 11.6 Å². The number of hydrogen-bond donors (Lipinski definition) is 0. The van der Waals surface area contributed by atoms with Crippen LogP contribution in [0.2, 0.25) is 5.02 Å². The highest BCUT2D eigenvalue weighted by Gasteiger charge is 2.29. The zero-order valence-electron chi connectivity index (χ0n) is 15.2. The molecule has 1 fully saturated rings. The monoisotopic (exact) mass is 399 g/mol. The Hall–Kier alpha value is -2.97. The van der Waals surface area contributed by atoms with E-state index in [0.29, 0.717) is 41.7 Å². The van der Waals surface area contributed by atoms with Gasteiger partial charge in [-0.25, -0.2) is 4.68 Å². The molecule has 1 saturated heterocycles. The van der Waals surface area contributed by atoms with E-state index in [9.17, 15) is 4.79 Å². The number of ether oxygens (including phenoxy) is 2.